The number of carbonyl (C=O) groups is 1. The van der Waals surface area contributed by atoms with E-state index in [1.807, 2.05) is 6.07 Å². The maximum absolute atomic E-state index is 11.3. The standard InChI is InChI=1S/C10H16ClN3O2/c1-16-6-2-4-13-8-9(7-12)10(15)14-5-3-11/h8,13H,2-6H2,1H3,(H,14,15)/b9-8-. The monoisotopic (exact) mass is 245 g/mol. The van der Waals surface area contributed by atoms with E-state index in [2.05, 4.69) is 10.6 Å². The summed E-state index contributed by atoms with van der Waals surface area (Å²) >= 11 is 5.41. The molecule has 2 N–H and O–H groups in total. The van der Waals surface area contributed by atoms with E-state index in [-0.39, 0.29) is 5.57 Å². The van der Waals surface area contributed by atoms with Crippen LogP contribution in [0.3, 0.4) is 0 Å². The van der Waals surface area contributed by atoms with Crippen molar-refractivity contribution in [3.63, 3.8) is 0 Å². The molecule has 0 aliphatic rings. The third-order valence-electron chi connectivity index (χ3n) is 1.66. The summed E-state index contributed by atoms with van der Waals surface area (Å²) in [6.07, 6.45) is 2.22. The molecule has 0 heterocycles. The number of nitrogens with one attached hydrogen (secondary N) is 2. The molecule has 0 atom stereocenters. The second-order valence-corrected chi connectivity index (χ2v) is 3.29. The Morgan fingerprint density at radius 1 is 1.56 bits per heavy atom. The molecule has 0 aliphatic heterocycles. The van der Waals surface area contributed by atoms with Gasteiger partial charge >= 0.3 is 0 Å². The Balaban J connectivity index is 3.92. The largest absolute Gasteiger partial charge is 0.390 e. The fraction of sp³-hybridized carbons (Fsp3) is 0.600. The molecule has 0 rings (SSSR count). The number of alkyl halides is 1. The van der Waals surface area contributed by atoms with Gasteiger partial charge in [0.15, 0.2) is 0 Å². The zero-order valence-electron chi connectivity index (χ0n) is 9.25. The predicted octanol–water partition coefficient (Wildman–Crippen LogP) is 0.375. The highest BCUT2D eigenvalue weighted by Crippen LogP contribution is 1.90. The minimum Gasteiger partial charge on any atom is -0.390 e. The molecule has 0 aromatic rings. The van der Waals surface area contributed by atoms with Gasteiger partial charge < -0.3 is 15.4 Å². The number of carbonyl (C=O) groups excluding carboxylic acids is 1. The highest BCUT2D eigenvalue weighted by Gasteiger charge is 2.06. The van der Waals surface area contributed by atoms with E-state index in [4.69, 9.17) is 21.6 Å². The van der Waals surface area contributed by atoms with Crippen molar-refractivity contribution in [3.05, 3.63) is 11.8 Å². The lowest BCUT2D eigenvalue weighted by molar-refractivity contribution is -0.117. The van der Waals surface area contributed by atoms with Crippen LogP contribution in [0.1, 0.15) is 6.42 Å². The Kier molecular flexibility index (Phi) is 9.47. The van der Waals surface area contributed by atoms with Gasteiger partial charge in [-0.15, -0.1) is 11.6 Å². The molecular formula is C10H16ClN3O2. The van der Waals surface area contributed by atoms with E-state index in [1.54, 1.807) is 7.11 Å². The van der Waals surface area contributed by atoms with Crippen LogP contribution in [-0.2, 0) is 9.53 Å². The molecule has 0 saturated carbocycles. The molecular weight excluding hydrogens is 230 g/mol. The third kappa shape index (κ3) is 7.10. The summed E-state index contributed by atoms with van der Waals surface area (Å²) in [7, 11) is 1.62. The lowest BCUT2D eigenvalue weighted by Crippen LogP contribution is -2.27. The average molecular weight is 246 g/mol. The van der Waals surface area contributed by atoms with Crippen LogP contribution in [0.5, 0.6) is 0 Å². The van der Waals surface area contributed by atoms with Gasteiger partial charge in [0.1, 0.15) is 11.6 Å². The van der Waals surface area contributed by atoms with Gasteiger partial charge in [-0.1, -0.05) is 0 Å². The Morgan fingerprint density at radius 2 is 2.31 bits per heavy atom. The van der Waals surface area contributed by atoms with Crippen molar-refractivity contribution in [2.24, 2.45) is 0 Å². The Morgan fingerprint density at radius 3 is 2.88 bits per heavy atom. The first-order chi connectivity index (χ1) is 7.76. The minimum atomic E-state index is -0.414. The number of methoxy groups -OCH3 is 1. The van der Waals surface area contributed by atoms with Crippen molar-refractivity contribution < 1.29 is 9.53 Å². The minimum absolute atomic E-state index is 0.0440. The lowest BCUT2D eigenvalue weighted by atomic mass is 10.3. The highest BCUT2D eigenvalue weighted by molar-refractivity contribution is 6.18. The van der Waals surface area contributed by atoms with Crippen LogP contribution in [0, 0.1) is 11.3 Å². The van der Waals surface area contributed by atoms with E-state index in [9.17, 15) is 4.79 Å². The number of amides is 1. The average Bonchev–Trinajstić information content (AvgIpc) is 2.31. The molecule has 0 bridgehead atoms. The normalized spacial score (nSPS) is 10.7. The van der Waals surface area contributed by atoms with E-state index in [0.717, 1.165) is 6.42 Å². The maximum atomic E-state index is 11.3. The van der Waals surface area contributed by atoms with Gasteiger partial charge in [0, 0.05) is 38.9 Å². The quantitative estimate of drug-likeness (QED) is 0.281. The summed E-state index contributed by atoms with van der Waals surface area (Å²) in [5.74, 6) is -0.0893. The predicted molar refractivity (Wildman–Crippen MR) is 61.9 cm³/mol. The number of ether oxygens (including phenoxy) is 1. The molecule has 0 saturated heterocycles. The molecule has 0 aromatic carbocycles. The number of hydrogen-bond acceptors (Lipinski definition) is 4. The maximum Gasteiger partial charge on any atom is 0.263 e. The first-order valence-corrected chi connectivity index (χ1v) is 5.46. The number of rotatable bonds is 8. The molecule has 6 heteroatoms. The summed E-state index contributed by atoms with van der Waals surface area (Å²) in [5.41, 5.74) is 0.0440. The molecule has 1 amide bonds. The summed E-state index contributed by atoms with van der Waals surface area (Å²) in [6, 6.07) is 1.81. The second-order valence-electron chi connectivity index (χ2n) is 2.92. The zero-order chi connectivity index (χ0) is 12.2. The number of nitriles is 1. The number of halogens is 1. The fourth-order valence-corrected chi connectivity index (χ4v) is 0.992. The first kappa shape index (κ1) is 14.8. The van der Waals surface area contributed by atoms with Gasteiger partial charge in [-0.3, -0.25) is 4.79 Å². The number of hydrogen-bond donors (Lipinski definition) is 2. The highest BCUT2D eigenvalue weighted by atomic mass is 35.5. The zero-order valence-corrected chi connectivity index (χ0v) is 10.0. The van der Waals surface area contributed by atoms with E-state index in [0.29, 0.717) is 25.6 Å². The molecule has 0 spiro atoms. The van der Waals surface area contributed by atoms with Crippen molar-refractivity contribution in [1.29, 1.82) is 5.26 Å². The Bertz CT molecular complexity index is 274. The van der Waals surface area contributed by atoms with Gasteiger partial charge in [-0.05, 0) is 6.42 Å². The van der Waals surface area contributed by atoms with Gasteiger partial charge in [-0.2, -0.15) is 5.26 Å². The Labute approximate surface area is 100 Å². The molecule has 0 radical (unpaired) electrons. The summed E-state index contributed by atoms with van der Waals surface area (Å²) < 4.78 is 4.86. The molecule has 0 unspecified atom stereocenters. The van der Waals surface area contributed by atoms with Crippen LogP contribution in [0.4, 0.5) is 0 Å². The van der Waals surface area contributed by atoms with Crippen molar-refractivity contribution in [3.8, 4) is 6.07 Å². The SMILES string of the molecule is COCCCN/C=C(/C#N)C(=O)NCCCl. The topological polar surface area (TPSA) is 74.1 Å². The summed E-state index contributed by atoms with van der Waals surface area (Å²) in [4.78, 5) is 11.3. The van der Waals surface area contributed by atoms with Crippen LogP contribution in [0.25, 0.3) is 0 Å². The fourth-order valence-electron chi connectivity index (χ4n) is 0.897. The third-order valence-corrected chi connectivity index (χ3v) is 1.85. The molecule has 5 nitrogen and oxygen atoms in total. The van der Waals surface area contributed by atoms with Crippen LogP contribution < -0.4 is 10.6 Å². The van der Waals surface area contributed by atoms with Crippen LogP contribution in [0.15, 0.2) is 11.8 Å². The van der Waals surface area contributed by atoms with Gasteiger partial charge in [0.05, 0.1) is 0 Å². The molecule has 90 valence electrons. The number of nitrogens with zero attached hydrogens (tertiary/aromatic N) is 1. The summed E-state index contributed by atoms with van der Waals surface area (Å²) in [5, 5.41) is 14.1. The van der Waals surface area contributed by atoms with E-state index in [1.165, 1.54) is 6.20 Å². The summed E-state index contributed by atoms with van der Waals surface area (Å²) in [6.45, 7) is 1.64. The lowest BCUT2D eigenvalue weighted by Gasteiger charge is -2.03. The van der Waals surface area contributed by atoms with Crippen LogP contribution >= 0.6 is 11.6 Å². The van der Waals surface area contributed by atoms with Gasteiger partial charge in [-0.25, -0.2) is 0 Å². The molecule has 0 aliphatic carbocycles. The van der Waals surface area contributed by atoms with Crippen LogP contribution in [-0.4, -0.2) is 38.6 Å². The van der Waals surface area contributed by atoms with Gasteiger partial charge in [0.2, 0.25) is 0 Å². The van der Waals surface area contributed by atoms with Crippen molar-refractivity contribution in [1.82, 2.24) is 10.6 Å². The van der Waals surface area contributed by atoms with Gasteiger partial charge in [0.25, 0.3) is 5.91 Å². The van der Waals surface area contributed by atoms with Crippen LogP contribution in [0.2, 0.25) is 0 Å². The molecule has 0 aromatic heterocycles. The Hall–Kier alpha value is -1.25. The first-order valence-electron chi connectivity index (χ1n) is 4.93. The second kappa shape index (κ2) is 10.3. The van der Waals surface area contributed by atoms with Crippen molar-refractivity contribution in [2.45, 2.75) is 6.42 Å². The molecule has 16 heavy (non-hydrogen) atoms. The smallest absolute Gasteiger partial charge is 0.263 e. The van der Waals surface area contributed by atoms with Crippen molar-refractivity contribution in [2.75, 3.05) is 32.7 Å². The molecule has 0 fully saturated rings. The van der Waals surface area contributed by atoms with E-state index < -0.39 is 5.91 Å². The van der Waals surface area contributed by atoms with Crippen molar-refractivity contribution >= 4 is 17.5 Å². The van der Waals surface area contributed by atoms with E-state index >= 15 is 0 Å².